The molecule has 3 rings (SSSR count). The van der Waals surface area contributed by atoms with Crippen LogP contribution >= 0.6 is 11.6 Å². The van der Waals surface area contributed by atoms with Gasteiger partial charge in [0.2, 0.25) is 5.82 Å². The summed E-state index contributed by atoms with van der Waals surface area (Å²) in [7, 11) is 0. The van der Waals surface area contributed by atoms with Gasteiger partial charge in [-0.05, 0) is 11.3 Å². The predicted octanol–water partition coefficient (Wildman–Crippen LogP) is 2.05. The van der Waals surface area contributed by atoms with Gasteiger partial charge in [0.25, 0.3) is 11.6 Å². The highest BCUT2D eigenvalue weighted by atomic mass is 35.5. The fourth-order valence-corrected chi connectivity index (χ4v) is 2.29. The van der Waals surface area contributed by atoms with E-state index in [1.165, 1.54) is 24.4 Å². The van der Waals surface area contributed by atoms with Gasteiger partial charge in [0.05, 0.1) is 11.1 Å². The Labute approximate surface area is 157 Å². The van der Waals surface area contributed by atoms with Crippen molar-refractivity contribution in [1.29, 1.82) is 0 Å². The van der Waals surface area contributed by atoms with Crippen LogP contribution in [0, 0.1) is 10.1 Å². The van der Waals surface area contributed by atoms with Gasteiger partial charge in [0.15, 0.2) is 0 Å². The van der Waals surface area contributed by atoms with Crippen molar-refractivity contribution >= 4 is 29.4 Å². The highest BCUT2D eigenvalue weighted by Gasteiger charge is 2.12. The number of nitrogens with one attached hydrogen (secondary N) is 1. The molecule has 0 spiro atoms. The lowest BCUT2D eigenvalue weighted by molar-refractivity contribution is -0.384. The van der Waals surface area contributed by atoms with Crippen molar-refractivity contribution in [3.63, 3.8) is 0 Å². The monoisotopic (exact) mass is 385 g/mol. The molecule has 0 fully saturated rings. The lowest BCUT2D eigenvalue weighted by Gasteiger charge is -1.99. The minimum atomic E-state index is -0.598. The number of hydrogen-bond acceptors (Lipinski definition) is 7. The maximum absolute atomic E-state index is 11.9. The van der Waals surface area contributed by atoms with Gasteiger partial charge in [-0.1, -0.05) is 48.0 Å². The van der Waals surface area contributed by atoms with E-state index in [0.29, 0.717) is 11.4 Å². The van der Waals surface area contributed by atoms with E-state index < -0.39 is 10.8 Å². The molecule has 0 saturated carbocycles. The van der Waals surface area contributed by atoms with Crippen molar-refractivity contribution in [2.45, 2.75) is 6.54 Å². The van der Waals surface area contributed by atoms with E-state index in [1.807, 2.05) is 30.3 Å². The first-order valence-electron chi connectivity index (χ1n) is 7.62. The van der Waals surface area contributed by atoms with E-state index in [4.69, 9.17) is 11.6 Å². The third-order valence-electron chi connectivity index (χ3n) is 3.34. The number of aromatic nitrogens is 4. The Morgan fingerprint density at radius 3 is 2.81 bits per heavy atom. The Morgan fingerprint density at radius 2 is 2.07 bits per heavy atom. The molecule has 0 saturated heterocycles. The molecule has 136 valence electrons. The number of nitrogens with zero attached hydrogens (tertiary/aromatic N) is 6. The number of rotatable bonds is 6. The first kappa shape index (κ1) is 18.1. The molecule has 27 heavy (non-hydrogen) atoms. The van der Waals surface area contributed by atoms with Crippen LogP contribution in [0.1, 0.15) is 5.56 Å². The van der Waals surface area contributed by atoms with Crippen LogP contribution < -0.4 is 5.43 Å². The molecule has 1 aromatic heterocycles. The number of halogens is 1. The maximum atomic E-state index is 11.9. The predicted molar refractivity (Wildman–Crippen MR) is 97.1 cm³/mol. The van der Waals surface area contributed by atoms with Gasteiger partial charge >= 0.3 is 0 Å². The van der Waals surface area contributed by atoms with Crippen LogP contribution in [-0.2, 0) is 11.3 Å². The molecular weight excluding hydrogens is 374 g/mol. The smallest absolute Gasteiger partial charge is 0.271 e. The number of carbonyl (C=O) groups is 1. The van der Waals surface area contributed by atoms with Gasteiger partial charge in [-0.3, -0.25) is 14.9 Å². The number of hydrogen-bond donors (Lipinski definition) is 1. The average molecular weight is 386 g/mol. The van der Waals surface area contributed by atoms with Crippen LogP contribution in [0.25, 0.3) is 11.4 Å². The lowest BCUT2D eigenvalue weighted by Crippen LogP contribution is -2.24. The number of carbonyl (C=O) groups excluding carboxylic acids is 1. The van der Waals surface area contributed by atoms with Crippen molar-refractivity contribution in [3.8, 4) is 11.4 Å². The van der Waals surface area contributed by atoms with Crippen LogP contribution in [0.4, 0.5) is 5.69 Å². The second kappa shape index (κ2) is 8.15. The molecule has 1 amide bonds. The maximum Gasteiger partial charge on any atom is 0.288 e. The van der Waals surface area contributed by atoms with Gasteiger partial charge < -0.3 is 0 Å². The molecule has 0 aliphatic carbocycles. The summed E-state index contributed by atoms with van der Waals surface area (Å²) < 4.78 is 0. The molecule has 11 heteroatoms. The third kappa shape index (κ3) is 4.70. The van der Waals surface area contributed by atoms with Crippen LogP contribution in [-0.4, -0.2) is 37.3 Å². The number of tetrazole rings is 1. The van der Waals surface area contributed by atoms with Gasteiger partial charge in [0, 0.05) is 17.2 Å². The Bertz CT molecular complexity index is 1000. The molecule has 1 heterocycles. The standard InChI is InChI=1S/C16H12ClN7O3/c17-13-7-6-11(8-14(13)24(26)27)9-18-19-15(25)10-23-21-16(20-22-23)12-4-2-1-3-5-12/h1-9H,10H2,(H,19,25). The zero-order valence-corrected chi connectivity index (χ0v) is 14.4. The minimum absolute atomic E-state index is 0.0210. The molecule has 0 radical (unpaired) electrons. The van der Waals surface area contributed by atoms with E-state index in [1.54, 1.807) is 0 Å². The van der Waals surface area contributed by atoms with E-state index in [2.05, 4.69) is 25.9 Å². The molecular formula is C16H12ClN7O3. The number of nitro benzene ring substituents is 1. The van der Waals surface area contributed by atoms with E-state index in [-0.39, 0.29) is 17.3 Å². The van der Waals surface area contributed by atoms with Crippen LogP contribution in [0.2, 0.25) is 5.02 Å². The molecule has 10 nitrogen and oxygen atoms in total. The Hall–Kier alpha value is -3.66. The Kier molecular flexibility index (Phi) is 5.47. The van der Waals surface area contributed by atoms with E-state index in [9.17, 15) is 14.9 Å². The lowest BCUT2D eigenvalue weighted by atomic mass is 10.2. The number of hydrazone groups is 1. The summed E-state index contributed by atoms with van der Waals surface area (Å²) in [6.07, 6.45) is 1.27. The molecule has 3 aromatic rings. The summed E-state index contributed by atoms with van der Waals surface area (Å²) in [5, 5.41) is 26.4. The van der Waals surface area contributed by atoms with Crippen molar-refractivity contribution < 1.29 is 9.72 Å². The van der Waals surface area contributed by atoms with E-state index >= 15 is 0 Å². The Balaban J connectivity index is 1.59. The van der Waals surface area contributed by atoms with Crippen LogP contribution in [0.15, 0.2) is 53.6 Å². The normalized spacial score (nSPS) is 10.9. The fourth-order valence-electron chi connectivity index (χ4n) is 2.11. The molecule has 0 atom stereocenters. The molecule has 2 aromatic carbocycles. The zero-order chi connectivity index (χ0) is 19.2. The summed E-state index contributed by atoms with van der Waals surface area (Å²) in [6.45, 7) is -0.183. The van der Waals surface area contributed by atoms with Crippen molar-refractivity contribution in [1.82, 2.24) is 25.6 Å². The van der Waals surface area contributed by atoms with E-state index in [0.717, 1.165) is 10.4 Å². The topological polar surface area (TPSA) is 128 Å². The summed E-state index contributed by atoms with van der Waals surface area (Å²) in [4.78, 5) is 23.3. The SMILES string of the molecule is O=C(Cn1nnc(-c2ccccc2)n1)NN=Cc1ccc(Cl)c([N+](=O)[O-])c1. The average Bonchev–Trinajstić information content (AvgIpc) is 3.12. The quantitative estimate of drug-likeness (QED) is 0.393. The summed E-state index contributed by atoms with van der Waals surface area (Å²) in [6, 6.07) is 13.4. The van der Waals surface area contributed by atoms with Crippen molar-refractivity contribution in [3.05, 3.63) is 69.2 Å². The summed E-state index contributed by atoms with van der Waals surface area (Å²) in [5.74, 6) is -0.0768. The number of nitro groups is 1. The largest absolute Gasteiger partial charge is 0.288 e. The highest BCUT2D eigenvalue weighted by Crippen LogP contribution is 2.24. The first-order chi connectivity index (χ1) is 13.0. The third-order valence-corrected chi connectivity index (χ3v) is 3.66. The van der Waals surface area contributed by atoms with Crippen molar-refractivity contribution in [2.24, 2.45) is 5.10 Å². The second-order valence-corrected chi connectivity index (χ2v) is 5.68. The molecule has 1 N–H and O–H groups in total. The molecule has 0 unspecified atom stereocenters. The summed E-state index contributed by atoms with van der Waals surface area (Å²) in [5.41, 5.74) is 3.25. The van der Waals surface area contributed by atoms with Gasteiger partial charge in [-0.25, -0.2) is 5.43 Å². The molecule has 0 aliphatic rings. The Morgan fingerprint density at radius 1 is 1.30 bits per heavy atom. The van der Waals surface area contributed by atoms with Crippen LogP contribution in [0.3, 0.4) is 0 Å². The minimum Gasteiger partial charge on any atom is -0.271 e. The molecule has 0 bridgehead atoms. The van der Waals surface area contributed by atoms with Gasteiger partial charge in [-0.15, -0.1) is 10.2 Å². The van der Waals surface area contributed by atoms with Crippen LogP contribution in [0.5, 0.6) is 0 Å². The number of benzene rings is 2. The first-order valence-corrected chi connectivity index (χ1v) is 8.00. The van der Waals surface area contributed by atoms with Crippen molar-refractivity contribution in [2.75, 3.05) is 0 Å². The highest BCUT2D eigenvalue weighted by molar-refractivity contribution is 6.32. The second-order valence-electron chi connectivity index (χ2n) is 5.27. The fraction of sp³-hybridized carbons (Fsp3) is 0.0625. The zero-order valence-electron chi connectivity index (χ0n) is 13.7. The van der Waals surface area contributed by atoms with Gasteiger partial charge in [-0.2, -0.15) is 9.90 Å². The molecule has 0 aliphatic heterocycles. The summed E-state index contributed by atoms with van der Waals surface area (Å²) >= 11 is 5.73. The van der Waals surface area contributed by atoms with Gasteiger partial charge in [0.1, 0.15) is 11.6 Å². The number of amides is 1.